The lowest BCUT2D eigenvalue weighted by molar-refractivity contribution is 0.0284. The van der Waals surface area contributed by atoms with Crippen LogP contribution >= 0.6 is 23.2 Å². The summed E-state index contributed by atoms with van der Waals surface area (Å²) < 4.78 is 0. The van der Waals surface area contributed by atoms with Gasteiger partial charge in [0.2, 0.25) is 0 Å². The Morgan fingerprint density at radius 1 is 1.22 bits per heavy atom. The smallest absolute Gasteiger partial charge is 0.251 e. The molecule has 2 bridgehead atoms. The molecule has 1 heterocycles. The van der Waals surface area contributed by atoms with Gasteiger partial charge in [0, 0.05) is 24.7 Å². The predicted octanol–water partition coefficient (Wildman–Crippen LogP) is 5.90. The Balaban J connectivity index is 1.29. The van der Waals surface area contributed by atoms with Gasteiger partial charge in [-0.15, -0.1) is 0 Å². The number of likely N-dealkylation sites (tertiary alicyclic amines) is 1. The van der Waals surface area contributed by atoms with E-state index in [1.165, 1.54) is 43.5 Å². The molecule has 1 saturated heterocycles. The molecule has 1 aliphatic heterocycles. The van der Waals surface area contributed by atoms with E-state index in [1.54, 1.807) is 6.07 Å². The quantitative estimate of drug-likeness (QED) is 0.569. The number of nitrogens with one attached hydrogen (secondary N) is 1. The van der Waals surface area contributed by atoms with E-state index < -0.39 is 0 Å². The van der Waals surface area contributed by atoms with Crippen LogP contribution in [-0.4, -0.2) is 36.5 Å². The maximum absolute atomic E-state index is 12.9. The number of halogens is 2. The fraction of sp³-hybridized carbons (Fsp3) is 0.519. The Kier molecular flexibility index (Phi) is 6.03. The molecule has 5 heteroatoms. The van der Waals surface area contributed by atoms with E-state index in [9.17, 15) is 4.79 Å². The average molecular weight is 471 g/mol. The minimum atomic E-state index is -0.0181. The van der Waals surface area contributed by atoms with Crippen molar-refractivity contribution in [3.63, 3.8) is 0 Å². The second-order valence-corrected chi connectivity index (χ2v) is 11.0. The second-order valence-electron chi connectivity index (χ2n) is 10.3. The molecule has 1 saturated carbocycles. The van der Waals surface area contributed by atoms with Crippen molar-refractivity contribution in [2.45, 2.75) is 57.4 Å². The SMILES string of the molecule is C[C@H]1C2Cc3ccc(C(=O)NCCc4cccc(Cl)c4Cl)cc3[C@@]1(C)CCN2CC1CC1. The molecule has 3 nitrogen and oxygen atoms in total. The third-order valence-corrected chi connectivity index (χ3v) is 9.15. The number of hydrogen-bond acceptors (Lipinski definition) is 2. The van der Waals surface area contributed by atoms with Crippen molar-refractivity contribution < 1.29 is 4.79 Å². The van der Waals surface area contributed by atoms with Crippen LogP contribution in [0.15, 0.2) is 36.4 Å². The van der Waals surface area contributed by atoms with Crippen molar-refractivity contribution in [2.24, 2.45) is 11.8 Å². The lowest BCUT2D eigenvalue weighted by atomic mass is 9.59. The van der Waals surface area contributed by atoms with Crippen molar-refractivity contribution in [3.05, 3.63) is 68.7 Å². The van der Waals surface area contributed by atoms with E-state index >= 15 is 0 Å². The van der Waals surface area contributed by atoms with E-state index in [2.05, 4.69) is 36.2 Å². The zero-order valence-electron chi connectivity index (χ0n) is 19.0. The minimum absolute atomic E-state index is 0.0181. The number of nitrogens with zero attached hydrogens (tertiary/aromatic N) is 1. The normalized spacial score (nSPS) is 27.1. The third kappa shape index (κ3) is 4.08. The topological polar surface area (TPSA) is 32.3 Å². The van der Waals surface area contributed by atoms with Crippen LogP contribution in [0.3, 0.4) is 0 Å². The Morgan fingerprint density at radius 2 is 2.03 bits per heavy atom. The molecule has 2 aliphatic carbocycles. The molecule has 0 spiro atoms. The third-order valence-electron chi connectivity index (χ3n) is 8.29. The maximum atomic E-state index is 12.9. The van der Waals surface area contributed by atoms with Gasteiger partial charge in [-0.3, -0.25) is 9.69 Å². The first-order chi connectivity index (χ1) is 15.4. The van der Waals surface area contributed by atoms with Crippen molar-refractivity contribution in [1.82, 2.24) is 10.2 Å². The molecule has 1 unspecified atom stereocenters. The number of amides is 1. The molecule has 0 radical (unpaired) electrons. The summed E-state index contributed by atoms with van der Waals surface area (Å²) in [5.41, 5.74) is 4.67. The van der Waals surface area contributed by atoms with E-state index in [0.717, 1.165) is 23.5 Å². The number of benzene rings is 2. The highest BCUT2D eigenvalue weighted by Gasteiger charge is 2.49. The van der Waals surface area contributed by atoms with Crippen LogP contribution in [0.25, 0.3) is 0 Å². The molecule has 170 valence electrons. The highest BCUT2D eigenvalue weighted by molar-refractivity contribution is 6.42. The van der Waals surface area contributed by atoms with Gasteiger partial charge in [0.05, 0.1) is 10.0 Å². The zero-order valence-corrected chi connectivity index (χ0v) is 20.5. The van der Waals surface area contributed by atoms with Crippen LogP contribution < -0.4 is 5.32 Å². The Bertz CT molecular complexity index is 1030. The number of piperidine rings is 1. The molecule has 32 heavy (non-hydrogen) atoms. The van der Waals surface area contributed by atoms with Gasteiger partial charge in [-0.05, 0) is 90.8 Å². The van der Waals surface area contributed by atoms with Gasteiger partial charge in [-0.25, -0.2) is 0 Å². The summed E-state index contributed by atoms with van der Waals surface area (Å²) in [7, 11) is 0. The van der Waals surface area contributed by atoms with Gasteiger partial charge in [-0.1, -0.05) is 55.2 Å². The van der Waals surface area contributed by atoms with E-state index in [-0.39, 0.29) is 11.3 Å². The molecule has 1 amide bonds. The second kappa shape index (κ2) is 8.66. The van der Waals surface area contributed by atoms with Crippen molar-refractivity contribution in [2.75, 3.05) is 19.6 Å². The van der Waals surface area contributed by atoms with Gasteiger partial charge in [-0.2, -0.15) is 0 Å². The van der Waals surface area contributed by atoms with Gasteiger partial charge in [0.15, 0.2) is 0 Å². The number of hydrogen-bond donors (Lipinski definition) is 1. The summed E-state index contributed by atoms with van der Waals surface area (Å²) in [6, 6.07) is 12.6. The first-order valence-electron chi connectivity index (χ1n) is 12.0. The molecule has 1 N–H and O–H groups in total. The zero-order chi connectivity index (χ0) is 22.5. The maximum Gasteiger partial charge on any atom is 0.251 e. The number of rotatable bonds is 6. The van der Waals surface area contributed by atoms with Crippen molar-refractivity contribution in [1.29, 1.82) is 0 Å². The fourth-order valence-electron chi connectivity index (χ4n) is 5.86. The number of carbonyl (C=O) groups is 1. The van der Waals surface area contributed by atoms with Crippen LogP contribution in [0, 0.1) is 11.8 Å². The predicted molar refractivity (Wildman–Crippen MR) is 132 cm³/mol. The number of fused-ring (bicyclic) bond motifs is 4. The van der Waals surface area contributed by atoms with Gasteiger partial charge < -0.3 is 5.32 Å². The summed E-state index contributed by atoms with van der Waals surface area (Å²) in [5.74, 6) is 1.52. The van der Waals surface area contributed by atoms with Crippen molar-refractivity contribution in [3.8, 4) is 0 Å². The summed E-state index contributed by atoms with van der Waals surface area (Å²) >= 11 is 12.4. The van der Waals surface area contributed by atoms with Gasteiger partial charge in [0.1, 0.15) is 0 Å². The van der Waals surface area contributed by atoms with Crippen molar-refractivity contribution >= 4 is 29.1 Å². The van der Waals surface area contributed by atoms with E-state index in [4.69, 9.17) is 23.2 Å². The molecule has 5 rings (SSSR count). The largest absolute Gasteiger partial charge is 0.352 e. The Hall–Kier alpha value is -1.55. The van der Waals surface area contributed by atoms with Crippen LogP contribution in [0.4, 0.5) is 0 Å². The fourth-order valence-corrected chi connectivity index (χ4v) is 6.28. The summed E-state index contributed by atoms with van der Waals surface area (Å²) in [6.45, 7) is 7.83. The molecular weight excluding hydrogens is 439 g/mol. The van der Waals surface area contributed by atoms with E-state index in [1.807, 2.05) is 18.2 Å². The Morgan fingerprint density at radius 3 is 2.81 bits per heavy atom. The average Bonchev–Trinajstić information content (AvgIpc) is 3.59. The van der Waals surface area contributed by atoms with Crippen LogP contribution in [0.1, 0.15) is 60.2 Å². The molecule has 3 aliphatic rings. The van der Waals surface area contributed by atoms with Crippen LogP contribution in [0.2, 0.25) is 10.0 Å². The number of carbonyl (C=O) groups excluding carboxylic acids is 1. The first-order valence-corrected chi connectivity index (χ1v) is 12.7. The summed E-state index contributed by atoms with van der Waals surface area (Å²) in [6.07, 6.45) is 5.75. The van der Waals surface area contributed by atoms with E-state index in [0.29, 0.717) is 35.0 Å². The Labute approximate surface area is 201 Å². The molecular formula is C27H32Cl2N2O. The lowest BCUT2D eigenvalue weighted by Crippen LogP contribution is -2.58. The highest BCUT2D eigenvalue weighted by atomic mass is 35.5. The highest BCUT2D eigenvalue weighted by Crippen LogP contribution is 2.49. The van der Waals surface area contributed by atoms with Crippen LogP contribution in [-0.2, 0) is 18.3 Å². The van der Waals surface area contributed by atoms with Gasteiger partial charge >= 0.3 is 0 Å². The molecule has 2 fully saturated rings. The van der Waals surface area contributed by atoms with Crippen LogP contribution in [0.5, 0.6) is 0 Å². The molecule has 2 aromatic carbocycles. The summed E-state index contributed by atoms with van der Waals surface area (Å²) in [5, 5.41) is 4.19. The molecule has 2 aromatic rings. The summed E-state index contributed by atoms with van der Waals surface area (Å²) in [4.78, 5) is 15.7. The lowest BCUT2D eigenvalue weighted by Gasteiger charge is -2.55. The first kappa shape index (κ1) is 22.3. The minimum Gasteiger partial charge on any atom is -0.352 e. The monoisotopic (exact) mass is 470 g/mol. The van der Waals surface area contributed by atoms with Gasteiger partial charge in [0.25, 0.3) is 5.91 Å². The standard InChI is InChI=1S/C27H32Cl2N2O/c1-17-24-15-20-8-9-21(26(32)30-12-10-19-4-3-5-23(28)25(19)29)14-22(20)27(17,2)11-13-31(24)16-18-6-7-18/h3-5,8-9,14,17-18,24H,6-7,10-13,15-16H2,1-2H3,(H,30,32)/t17-,24?,27-/m0/s1. The molecule has 3 atom stereocenters. The molecule has 0 aromatic heterocycles.